The monoisotopic (exact) mass is 138 g/mol. The van der Waals surface area contributed by atoms with E-state index in [-0.39, 0.29) is 6.10 Å². The van der Waals surface area contributed by atoms with Crippen molar-refractivity contribution in [3.63, 3.8) is 0 Å². The van der Waals surface area contributed by atoms with Gasteiger partial charge >= 0.3 is 0 Å². The molecule has 1 rings (SSSR count). The molecule has 0 aliphatic carbocycles. The van der Waals surface area contributed by atoms with Crippen LogP contribution in [0.15, 0.2) is 0 Å². The Morgan fingerprint density at radius 2 is 2.40 bits per heavy atom. The summed E-state index contributed by atoms with van der Waals surface area (Å²) in [5.74, 6) is 6.14. The summed E-state index contributed by atoms with van der Waals surface area (Å²) in [6.07, 6.45) is 4.81. The molecule has 1 unspecified atom stereocenters. The second-order valence-electron chi connectivity index (χ2n) is 2.53. The summed E-state index contributed by atoms with van der Waals surface area (Å²) >= 11 is 0. The van der Waals surface area contributed by atoms with Crippen molar-refractivity contribution in [2.75, 3.05) is 6.61 Å². The summed E-state index contributed by atoms with van der Waals surface area (Å²) in [6, 6.07) is 0. The van der Waals surface area contributed by atoms with Crippen molar-refractivity contribution < 1.29 is 4.74 Å². The minimum absolute atomic E-state index is 0.244. The van der Waals surface area contributed by atoms with Crippen molar-refractivity contribution in [1.29, 1.82) is 0 Å². The van der Waals surface area contributed by atoms with Gasteiger partial charge in [0.2, 0.25) is 0 Å². The molecule has 0 aromatic heterocycles. The molecule has 1 aliphatic rings. The molecule has 1 nitrogen and oxygen atoms in total. The van der Waals surface area contributed by atoms with Crippen molar-refractivity contribution in [3.05, 3.63) is 0 Å². The molecule has 1 heterocycles. The van der Waals surface area contributed by atoms with Gasteiger partial charge in [0.05, 0.1) is 0 Å². The molecule has 0 aromatic rings. The Balaban J connectivity index is 2.25. The van der Waals surface area contributed by atoms with Crippen LogP contribution in [0.2, 0.25) is 0 Å². The fourth-order valence-electron chi connectivity index (χ4n) is 1.07. The Bertz CT molecular complexity index is 135. The van der Waals surface area contributed by atoms with E-state index in [4.69, 9.17) is 4.74 Å². The number of hydrogen-bond donors (Lipinski definition) is 0. The van der Waals surface area contributed by atoms with E-state index in [0.29, 0.717) is 0 Å². The normalized spacial score (nSPS) is 25.1. The fraction of sp³-hybridized carbons (Fsp3) is 0.778. The summed E-state index contributed by atoms with van der Waals surface area (Å²) in [4.78, 5) is 0. The molecule has 0 aromatic carbocycles. The quantitative estimate of drug-likeness (QED) is 0.465. The average Bonchev–Trinajstić information content (AvgIpc) is 2.03. The van der Waals surface area contributed by atoms with Crippen LogP contribution in [0.3, 0.4) is 0 Å². The third kappa shape index (κ3) is 2.41. The first kappa shape index (κ1) is 7.63. The zero-order valence-electron chi connectivity index (χ0n) is 6.52. The van der Waals surface area contributed by atoms with E-state index in [9.17, 15) is 0 Å². The van der Waals surface area contributed by atoms with Crippen molar-refractivity contribution in [2.45, 2.75) is 38.7 Å². The molecule has 0 saturated carbocycles. The highest BCUT2D eigenvalue weighted by molar-refractivity contribution is 5.04. The first-order chi connectivity index (χ1) is 4.93. The third-order valence-corrected chi connectivity index (χ3v) is 1.62. The molecule has 1 atom stereocenters. The zero-order valence-corrected chi connectivity index (χ0v) is 6.52. The lowest BCUT2D eigenvalue weighted by Gasteiger charge is -2.16. The first-order valence-electron chi connectivity index (χ1n) is 4.03. The van der Waals surface area contributed by atoms with Gasteiger partial charge in [-0.15, -0.1) is 5.92 Å². The van der Waals surface area contributed by atoms with Gasteiger partial charge in [-0.1, -0.05) is 12.8 Å². The number of rotatable bonds is 0. The average molecular weight is 138 g/mol. The Kier molecular flexibility index (Phi) is 3.32. The van der Waals surface area contributed by atoms with Crippen LogP contribution in [0.1, 0.15) is 32.6 Å². The molecule has 0 spiro atoms. The van der Waals surface area contributed by atoms with E-state index in [1.54, 1.807) is 0 Å². The molecule has 0 radical (unpaired) electrons. The van der Waals surface area contributed by atoms with Gasteiger partial charge in [0.25, 0.3) is 0 Å². The Labute approximate surface area is 62.8 Å². The molecule has 0 N–H and O–H groups in total. The minimum Gasteiger partial charge on any atom is -0.366 e. The number of ether oxygens (including phenoxy) is 1. The summed E-state index contributed by atoms with van der Waals surface area (Å²) in [5, 5.41) is 0. The highest BCUT2D eigenvalue weighted by Crippen LogP contribution is 2.11. The van der Waals surface area contributed by atoms with Gasteiger partial charge in [-0.2, -0.15) is 0 Å². The van der Waals surface area contributed by atoms with Crippen LogP contribution < -0.4 is 0 Å². The maximum absolute atomic E-state index is 5.41. The number of hydrogen-bond acceptors (Lipinski definition) is 1. The van der Waals surface area contributed by atoms with Gasteiger partial charge in [-0.3, -0.25) is 0 Å². The van der Waals surface area contributed by atoms with Gasteiger partial charge in [-0.25, -0.2) is 0 Å². The van der Waals surface area contributed by atoms with Gasteiger partial charge in [0.1, 0.15) is 6.10 Å². The van der Waals surface area contributed by atoms with E-state index < -0.39 is 0 Å². The summed E-state index contributed by atoms with van der Waals surface area (Å²) in [7, 11) is 0. The van der Waals surface area contributed by atoms with Crippen LogP contribution in [-0.4, -0.2) is 12.7 Å². The second kappa shape index (κ2) is 4.35. The lowest BCUT2D eigenvalue weighted by molar-refractivity contribution is 0.0525. The largest absolute Gasteiger partial charge is 0.366 e. The van der Waals surface area contributed by atoms with Crippen LogP contribution in [0.25, 0.3) is 0 Å². The molecular weight excluding hydrogens is 124 g/mol. The topological polar surface area (TPSA) is 9.23 Å². The molecule has 0 bridgehead atoms. The van der Waals surface area contributed by atoms with Crippen molar-refractivity contribution in [2.24, 2.45) is 0 Å². The molecular formula is C9H14O. The smallest absolute Gasteiger partial charge is 0.118 e. The second-order valence-corrected chi connectivity index (χ2v) is 2.53. The molecule has 1 heteroatoms. The van der Waals surface area contributed by atoms with Crippen LogP contribution in [0, 0.1) is 11.8 Å². The fourth-order valence-corrected chi connectivity index (χ4v) is 1.07. The molecule has 0 amide bonds. The maximum atomic E-state index is 5.41. The van der Waals surface area contributed by atoms with E-state index in [0.717, 1.165) is 19.4 Å². The van der Waals surface area contributed by atoms with Gasteiger partial charge in [0.15, 0.2) is 0 Å². The van der Waals surface area contributed by atoms with E-state index in [1.807, 2.05) is 0 Å². The lowest BCUT2D eigenvalue weighted by atomic mass is 10.1. The Morgan fingerprint density at radius 3 is 3.00 bits per heavy atom. The summed E-state index contributed by atoms with van der Waals surface area (Å²) in [5.41, 5.74) is 0. The van der Waals surface area contributed by atoms with E-state index in [1.165, 1.54) is 12.8 Å². The Hall–Kier alpha value is -0.480. The van der Waals surface area contributed by atoms with E-state index in [2.05, 4.69) is 18.8 Å². The molecule has 1 saturated heterocycles. The van der Waals surface area contributed by atoms with Crippen molar-refractivity contribution in [3.8, 4) is 11.8 Å². The minimum atomic E-state index is 0.244. The van der Waals surface area contributed by atoms with Crippen LogP contribution >= 0.6 is 0 Å². The summed E-state index contributed by atoms with van der Waals surface area (Å²) < 4.78 is 5.41. The molecule has 56 valence electrons. The maximum Gasteiger partial charge on any atom is 0.118 e. The van der Waals surface area contributed by atoms with Gasteiger partial charge in [-0.05, 0) is 19.3 Å². The van der Waals surface area contributed by atoms with E-state index >= 15 is 0 Å². The van der Waals surface area contributed by atoms with Gasteiger partial charge in [0, 0.05) is 13.0 Å². The molecule has 10 heavy (non-hydrogen) atoms. The van der Waals surface area contributed by atoms with Crippen molar-refractivity contribution >= 4 is 0 Å². The molecule has 1 fully saturated rings. The third-order valence-electron chi connectivity index (χ3n) is 1.62. The zero-order chi connectivity index (χ0) is 7.23. The standard InChI is InChI=1S/C9H14O/c1-2-3-6-9-7-4-5-8-10-9/h9H,2,4-5,7-8H2,1H3. The van der Waals surface area contributed by atoms with Crippen molar-refractivity contribution in [1.82, 2.24) is 0 Å². The molecule has 1 aliphatic heterocycles. The van der Waals surface area contributed by atoms with Crippen LogP contribution in [0.5, 0.6) is 0 Å². The highest BCUT2D eigenvalue weighted by atomic mass is 16.5. The predicted octanol–water partition coefficient (Wildman–Crippen LogP) is 1.97. The SMILES string of the molecule is CCC#CC1CCCCO1. The first-order valence-corrected chi connectivity index (χ1v) is 4.03. The Morgan fingerprint density at radius 1 is 1.50 bits per heavy atom. The van der Waals surface area contributed by atoms with Crippen LogP contribution in [-0.2, 0) is 4.74 Å². The highest BCUT2D eigenvalue weighted by Gasteiger charge is 2.09. The van der Waals surface area contributed by atoms with Gasteiger partial charge < -0.3 is 4.74 Å². The lowest BCUT2D eigenvalue weighted by Crippen LogP contribution is -2.16. The van der Waals surface area contributed by atoms with Crippen LogP contribution in [0.4, 0.5) is 0 Å². The predicted molar refractivity (Wildman–Crippen MR) is 41.7 cm³/mol. The summed E-state index contributed by atoms with van der Waals surface area (Å²) in [6.45, 7) is 2.97.